The average Bonchev–Trinajstić information content (AvgIpc) is 2.88. The minimum absolute atomic E-state index is 0.0290. The molecule has 120 valence electrons. The normalized spacial score (nSPS) is 26.2. The number of amides is 1. The maximum absolute atomic E-state index is 13.2. The van der Waals surface area contributed by atoms with Gasteiger partial charge in [0.25, 0.3) is 0 Å². The standard InChI is InChI=1S/C16H21FN2O3/c17-12-2-1-3-13(8-12)22-15-10-19(9-14(15)20)16(21)11-4-6-18-7-5-11/h1-3,8,11,14-15,18,20H,4-7,9-10H2/t14-,15-/m1/s1. The van der Waals surface area contributed by atoms with E-state index >= 15 is 0 Å². The van der Waals surface area contributed by atoms with Crippen molar-refractivity contribution in [3.05, 3.63) is 30.1 Å². The van der Waals surface area contributed by atoms with Gasteiger partial charge in [0.2, 0.25) is 5.91 Å². The van der Waals surface area contributed by atoms with Crippen LogP contribution in [0.5, 0.6) is 5.75 Å². The van der Waals surface area contributed by atoms with Crippen molar-refractivity contribution in [1.29, 1.82) is 0 Å². The third kappa shape index (κ3) is 3.39. The van der Waals surface area contributed by atoms with Gasteiger partial charge < -0.3 is 20.1 Å². The molecule has 1 amide bonds. The molecular weight excluding hydrogens is 287 g/mol. The predicted octanol–water partition coefficient (Wildman–Crippen LogP) is 0.776. The highest BCUT2D eigenvalue weighted by Gasteiger charge is 2.38. The van der Waals surface area contributed by atoms with Gasteiger partial charge in [-0.25, -0.2) is 4.39 Å². The summed E-state index contributed by atoms with van der Waals surface area (Å²) in [6, 6.07) is 5.83. The van der Waals surface area contributed by atoms with Crippen LogP contribution in [0.25, 0.3) is 0 Å². The Morgan fingerprint density at radius 2 is 2.09 bits per heavy atom. The summed E-state index contributed by atoms with van der Waals surface area (Å²) in [5, 5.41) is 13.3. The lowest BCUT2D eigenvalue weighted by atomic mass is 9.97. The molecule has 2 fully saturated rings. The van der Waals surface area contributed by atoms with Crippen molar-refractivity contribution < 1.29 is 19.0 Å². The Balaban J connectivity index is 1.60. The Morgan fingerprint density at radius 3 is 2.82 bits per heavy atom. The number of halogens is 1. The van der Waals surface area contributed by atoms with Gasteiger partial charge in [0, 0.05) is 12.0 Å². The fraction of sp³-hybridized carbons (Fsp3) is 0.562. The van der Waals surface area contributed by atoms with Crippen LogP contribution in [0, 0.1) is 11.7 Å². The maximum Gasteiger partial charge on any atom is 0.226 e. The van der Waals surface area contributed by atoms with Crippen molar-refractivity contribution in [2.75, 3.05) is 26.2 Å². The Kier molecular flexibility index (Phi) is 4.59. The van der Waals surface area contributed by atoms with Gasteiger partial charge in [-0.05, 0) is 38.1 Å². The summed E-state index contributed by atoms with van der Waals surface area (Å²) < 4.78 is 18.8. The molecule has 0 aromatic heterocycles. The molecule has 22 heavy (non-hydrogen) atoms. The number of aliphatic hydroxyl groups excluding tert-OH is 1. The largest absolute Gasteiger partial charge is 0.486 e. The SMILES string of the molecule is O=C(C1CCNCC1)N1C[C@@H](O)[C@H](Oc2cccc(F)c2)C1. The molecule has 2 aliphatic heterocycles. The number of carbonyl (C=O) groups is 1. The van der Waals surface area contributed by atoms with Gasteiger partial charge in [-0.2, -0.15) is 0 Å². The molecule has 1 aromatic rings. The number of ether oxygens (including phenoxy) is 1. The Morgan fingerprint density at radius 1 is 1.32 bits per heavy atom. The minimum Gasteiger partial charge on any atom is -0.486 e. The van der Waals surface area contributed by atoms with Crippen LogP contribution in [0.15, 0.2) is 24.3 Å². The summed E-state index contributed by atoms with van der Waals surface area (Å²) in [5.74, 6) is 0.111. The Bertz CT molecular complexity index is 534. The van der Waals surface area contributed by atoms with Crippen LogP contribution in [0.1, 0.15) is 12.8 Å². The number of carbonyl (C=O) groups excluding carboxylic acids is 1. The molecule has 2 aliphatic rings. The number of nitrogens with zero attached hydrogens (tertiary/aromatic N) is 1. The Labute approximate surface area is 129 Å². The molecule has 6 heteroatoms. The smallest absolute Gasteiger partial charge is 0.226 e. The lowest BCUT2D eigenvalue weighted by molar-refractivity contribution is -0.135. The molecular formula is C16H21FN2O3. The second-order valence-corrected chi connectivity index (χ2v) is 5.95. The van der Waals surface area contributed by atoms with E-state index in [1.807, 2.05) is 0 Å². The van der Waals surface area contributed by atoms with Crippen molar-refractivity contribution in [3.63, 3.8) is 0 Å². The number of benzene rings is 1. The predicted molar refractivity (Wildman–Crippen MR) is 79.0 cm³/mol. The number of hydrogen-bond acceptors (Lipinski definition) is 4. The van der Waals surface area contributed by atoms with Gasteiger partial charge in [-0.1, -0.05) is 6.07 Å². The van der Waals surface area contributed by atoms with Gasteiger partial charge in [-0.3, -0.25) is 4.79 Å². The molecule has 3 rings (SSSR count). The average molecular weight is 308 g/mol. The number of likely N-dealkylation sites (tertiary alicyclic amines) is 1. The van der Waals surface area contributed by atoms with E-state index in [4.69, 9.17) is 4.74 Å². The lowest BCUT2D eigenvalue weighted by Gasteiger charge is -2.26. The fourth-order valence-electron chi connectivity index (χ4n) is 3.09. The molecule has 0 unspecified atom stereocenters. The summed E-state index contributed by atoms with van der Waals surface area (Å²) in [6.07, 6.45) is 0.420. The molecule has 0 spiro atoms. The molecule has 0 bridgehead atoms. The molecule has 5 nitrogen and oxygen atoms in total. The highest BCUT2D eigenvalue weighted by Crippen LogP contribution is 2.23. The van der Waals surface area contributed by atoms with E-state index in [1.165, 1.54) is 12.1 Å². The van der Waals surface area contributed by atoms with Crippen LogP contribution < -0.4 is 10.1 Å². The Hall–Kier alpha value is -1.66. The van der Waals surface area contributed by atoms with Crippen LogP contribution in [-0.4, -0.2) is 54.3 Å². The van der Waals surface area contributed by atoms with Gasteiger partial charge in [0.1, 0.15) is 23.8 Å². The molecule has 1 aromatic carbocycles. The molecule has 2 atom stereocenters. The first-order valence-electron chi connectivity index (χ1n) is 7.73. The fourth-order valence-corrected chi connectivity index (χ4v) is 3.09. The quantitative estimate of drug-likeness (QED) is 0.866. The topological polar surface area (TPSA) is 61.8 Å². The number of aliphatic hydroxyl groups is 1. The molecule has 2 heterocycles. The molecule has 2 saturated heterocycles. The summed E-state index contributed by atoms with van der Waals surface area (Å²) in [4.78, 5) is 14.1. The minimum atomic E-state index is -0.742. The third-order valence-electron chi connectivity index (χ3n) is 4.32. The lowest BCUT2D eigenvalue weighted by Crippen LogP contribution is -2.40. The summed E-state index contributed by atoms with van der Waals surface area (Å²) in [5.41, 5.74) is 0. The van der Waals surface area contributed by atoms with Crippen LogP contribution in [0.2, 0.25) is 0 Å². The van der Waals surface area contributed by atoms with Crippen LogP contribution >= 0.6 is 0 Å². The first-order chi connectivity index (χ1) is 10.6. The zero-order chi connectivity index (χ0) is 15.5. The second-order valence-electron chi connectivity index (χ2n) is 5.95. The zero-order valence-electron chi connectivity index (χ0n) is 12.4. The molecule has 0 saturated carbocycles. The summed E-state index contributed by atoms with van der Waals surface area (Å²) in [7, 11) is 0. The molecule has 2 N–H and O–H groups in total. The highest BCUT2D eigenvalue weighted by atomic mass is 19.1. The van der Waals surface area contributed by atoms with E-state index < -0.39 is 12.2 Å². The van der Waals surface area contributed by atoms with Crippen molar-refractivity contribution in [2.45, 2.75) is 25.0 Å². The van der Waals surface area contributed by atoms with Crippen molar-refractivity contribution in [3.8, 4) is 5.75 Å². The van der Waals surface area contributed by atoms with Crippen LogP contribution in [-0.2, 0) is 4.79 Å². The van der Waals surface area contributed by atoms with Gasteiger partial charge in [-0.15, -0.1) is 0 Å². The summed E-state index contributed by atoms with van der Waals surface area (Å²) in [6.45, 7) is 2.34. The highest BCUT2D eigenvalue weighted by molar-refractivity contribution is 5.79. The number of hydrogen-bond donors (Lipinski definition) is 2. The summed E-state index contributed by atoms with van der Waals surface area (Å²) >= 11 is 0. The van der Waals surface area contributed by atoms with E-state index in [9.17, 15) is 14.3 Å². The van der Waals surface area contributed by atoms with E-state index in [0.717, 1.165) is 25.9 Å². The van der Waals surface area contributed by atoms with E-state index in [0.29, 0.717) is 12.3 Å². The monoisotopic (exact) mass is 308 g/mol. The molecule has 0 aliphatic carbocycles. The van der Waals surface area contributed by atoms with Crippen molar-refractivity contribution >= 4 is 5.91 Å². The van der Waals surface area contributed by atoms with Crippen LogP contribution in [0.3, 0.4) is 0 Å². The maximum atomic E-state index is 13.2. The first kappa shape index (κ1) is 15.2. The van der Waals surface area contributed by atoms with Crippen molar-refractivity contribution in [1.82, 2.24) is 10.2 Å². The van der Waals surface area contributed by atoms with Crippen LogP contribution in [0.4, 0.5) is 4.39 Å². The molecule has 0 radical (unpaired) electrons. The number of piperidine rings is 1. The van der Waals surface area contributed by atoms with Gasteiger partial charge >= 0.3 is 0 Å². The van der Waals surface area contributed by atoms with E-state index in [1.54, 1.807) is 17.0 Å². The third-order valence-corrected chi connectivity index (χ3v) is 4.32. The van der Waals surface area contributed by atoms with E-state index in [2.05, 4.69) is 5.32 Å². The van der Waals surface area contributed by atoms with E-state index in [-0.39, 0.29) is 24.2 Å². The first-order valence-corrected chi connectivity index (χ1v) is 7.73. The second kappa shape index (κ2) is 6.62. The number of β-amino-alcohol motifs (C(OH)–C–C–N with tert-alkyl or cyclic N) is 1. The zero-order valence-corrected chi connectivity index (χ0v) is 12.4. The number of rotatable bonds is 3. The number of nitrogens with one attached hydrogen (secondary N) is 1. The van der Waals surface area contributed by atoms with Gasteiger partial charge in [0.05, 0.1) is 13.1 Å². The van der Waals surface area contributed by atoms with Crippen molar-refractivity contribution in [2.24, 2.45) is 5.92 Å². The van der Waals surface area contributed by atoms with Gasteiger partial charge in [0.15, 0.2) is 0 Å².